The number of fused-ring (bicyclic) bond motifs is 1. The predicted octanol–water partition coefficient (Wildman–Crippen LogP) is 2.98. The SMILES string of the molecule is C[C@@H](c1cccs1)N(C)Cc1cnn2cccnc12. The summed E-state index contributed by atoms with van der Waals surface area (Å²) in [4.78, 5) is 8.09. The van der Waals surface area contributed by atoms with Gasteiger partial charge in [0.1, 0.15) is 0 Å². The van der Waals surface area contributed by atoms with Gasteiger partial charge in [0, 0.05) is 35.4 Å². The topological polar surface area (TPSA) is 33.4 Å². The van der Waals surface area contributed by atoms with Crippen LogP contribution < -0.4 is 0 Å². The second-order valence-electron chi connectivity index (χ2n) is 4.66. The number of aromatic nitrogens is 3. The molecule has 0 unspecified atom stereocenters. The van der Waals surface area contributed by atoms with Crippen molar-refractivity contribution in [3.05, 3.63) is 52.6 Å². The van der Waals surface area contributed by atoms with E-state index in [1.165, 1.54) is 4.88 Å². The standard InChI is InChI=1S/C14H16N4S/c1-11(13-5-3-8-19-13)17(2)10-12-9-16-18-7-4-6-15-14(12)18/h3-9,11H,10H2,1-2H3/t11-/m0/s1. The van der Waals surface area contributed by atoms with Gasteiger partial charge in [-0.15, -0.1) is 11.3 Å². The van der Waals surface area contributed by atoms with Crippen molar-refractivity contribution in [1.29, 1.82) is 0 Å². The third-order valence-corrected chi connectivity index (χ3v) is 4.43. The molecule has 0 fully saturated rings. The molecular weight excluding hydrogens is 256 g/mol. The molecule has 19 heavy (non-hydrogen) atoms. The zero-order chi connectivity index (χ0) is 13.2. The molecule has 0 aliphatic rings. The second kappa shape index (κ2) is 5.11. The van der Waals surface area contributed by atoms with Crippen LogP contribution in [0.2, 0.25) is 0 Å². The first kappa shape index (κ1) is 12.3. The van der Waals surface area contributed by atoms with E-state index in [4.69, 9.17) is 0 Å². The lowest BCUT2D eigenvalue weighted by atomic mass is 10.2. The Kier molecular flexibility index (Phi) is 3.31. The molecule has 0 saturated carbocycles. The van der Waals surface area contributed by atoms with Gasteiger partial charge < -0.3 is 0 Å². The molecule has 0 aliphatic heterocycles. The van der Waals surface area contributed by atoms with Crippen molar-refractivity contribution in [3.8, 4) is 0 Å². The van der Waals surface area contributed by atoms with Crippen molar-refractivity contribution in [2.45, 2.75) is 19.5 Å². The summed E-state index contributed by atoms with van der Waals surface area (Å²) < 4.78 is 1.82. The normalized spacial score (nSPS) is 13.2. The maximum Gasteiger partial charge on any atom is 0.159 e. The van der Waals surface area contributed by atoms with Gasteiger partial charge >= 0.3 is 0 Å². The fourth-order valence-electron chi connectivity index (χ4n) is 2.14. The van der Waals surface area contributed by atoms with E-state index in [0.29, 0.717) is 6.04 Å². The lowest BCUT2D eigenvalue weighted by Gasteiger charge is -2.23. The van der Waals surface area contributed by atoms with Gasteiger partial charge in [-0.1, -0.05) is 6.07 Å². The van der Waals surface area contributed by atoms with Gasteiger partial charge in [0.2, 0.25) is 0 Å². The molecule has 0 spiro atoms. The molecule has 3 aromatic rings. The van der Waals surface area contributed by atoms with Crippen LogP contribution in [0.3, 0.4) is 0 Å². The Labute approximate surface area is 116 Å². The van der Waals surface area contributed by atoms with Gasteiger partial charge in [0.25, 0.3) is 0 Å². The molecule has 3 heterocycles. The Morgan fingerprint density at radius 1 is 1.42 bits per heavy atom. The van der Waals surface area contributed by atoms with Crippen molar-refractivity contribution in [1.82, 2.24) is 19.5 Å². The van der Waals surface area contributed by atoms with Crippen LogP contribution in [0.4, 0.5) is 0 Å². The van der Waals surface area contributed by atoms with Crippen LogP contribution in [0.1, 0.15) is 23.4 Å². The minimum atomic E-state index is 0.402. The summed E-state index contributed by atoms with van der Waals surface area (Å²) >= 11 is 1.80. The van der Waals surface area contributed by atoms with Gasteiger partial charge in [-0.05, 0) is 31.5 Å². The van der Waals surface area contributed by atoms with E-state index < -0.39 is 0 Å². The molecule has 1 atom stereocenters. The second-order valence-corrected chi connectivity index (χ2v) is 5.64. The predicted molar refractivity (Wildman–Crippen MR) is 77.2 cm³/mol. The van der Waals surface area contributed by atoms with Crippen LogP contribution in [0.5, 0.6) is 0 Å². The van der Waals surface area contributed by atoms with Crippen molar-refractivity contribution >= 4 is 17.0 Å². The number of nitrogens with zero attached hydrogens (tertiary/aromatic N) is 4. The van der Waals surface area contributed by atoms with E-state index in [2.05, 4.69) is 46.5 Å². The van der Waals surface area contributed by atoms with E-state index in [1.807, 2.05) is 29.2 Å². The summed E-state index contributed by atoms with van der Waals surface area (Å²) in [7, 11) is 2.14. The minimum absolute atomic E-state index is 0.402. The van der Waals surface area contributed by atoms with Gasteiger partial charge in [0.05, 0.1) is 6.20 Å². The summed E-state index contributed by atoms with van der Waals surface area (Å²) in [6.45, 7) is 3.07. The van der Waals surface area contributed by atoms with Gasteiger partial charge in [0.15, 0.2) is 5.65 Å². The van der Waals surface area contributed by atoms with Crippen LogP contribution in [0, 0.1) is 0 Å². The summed E-state index contributed by atoms with van der Waals surface area (Å²) in [5.41, 5.74) is 2.10. The fraction of sp³-hybridized carbons (Fsp3) is 0.286. The smallest absolute Gasteiger partial charge is 0.159 e. The third kappa shape index (κ3) is 2.39. The van der Waals surface area contributed by atoms with Crippen LogP contribution in [0.15, 0.2) is 42.2 Å². The number of rotatable bonds is 4. The molecule has 0 aromatic carbocycles. The highest BCUT2D eigenvalue weighted by molar-refractivity contribution is 7.10. The average molecular weight is 272 g/mol. The Morgan fingerprint density at radius 3 is 3.11 bits per heavy atom. The van der Waals surface area contributed by atoms with Gasteiger partial charge in [-0.2, -0.15) is 5.10 Å². The highest BCUT2D eigenvalue weighted by atomic mass is 32.1. The summed E-state index contributed by atoms with van der Waals surface area (Å²) in [5.74, 6) is 0. The van der Waals surface area contributed by atoms with Crippen LogP contribution in [0.25, 0.3) is 5.65 Å². The molecule has 0 bridgehead atoms. The van der Waals surface area contributed by atoms with Crippen LogP contribution >= 0.6 is 11.3 Å². The van der Waals surface area contributed by atoms with Crippen molar-refractivity contribution in [2.24, 2.45) is 0 Å². The van der Waals surface area contributed by atoms with E-state index in [9.17, 15) is 0 Å². The Balaban J connectivity index is 1.81. The first-order valence-corrected chi connectivity index (χ1v) is 7.14. The summed E-state index contributed by atoms with van der Waals surface area (Å²) in [6, 6.07) is 6.57. The highest BCUT2D eigenvalue weighted by Gasteiger charge is 2.15. The molecule has 4 nitrogen and oxygen atoms in total. The monoisotopic (exact) mass is 272 g/mol. The maximum atomic E-state index is 4.39. The lowest BCUT2D eigenvalue weighted by molar-refractivity contribution is 0.257. The molecule has 0 saturated heterocycles. The largest absolute Gasteiger partial charge is 0.294 e. The lowest BCUT2D eigenvalue weighted by Crippen LogP contribution is -2.21. The molecule has 5 heteroatoms. The quantitative estimate of drug-likeness (QED) is 0.732. The molecule has 98 valence electrons. The number of hydrogen-bond donors (Lipinski definition) is 0. The Bertz CT molecular complexity index is 659. The molecule has 3 rings (SSSR count). The van der Waals surface area contributed by atoms with Crippen molar-refractivity contribution in [2.75, 3.05) is 7.05 Å². The van der Waals surface area contributed by atoms with Crippen molar-refractivity contribution in [3.63, 3.8) is 0 Å². The fourth-order valence-corrected chi connectivity index (χ4v) is 2.99. The Hall–Kier alpha value is -1.72. The van der Waals surface area contributed by atoms with Crippen LogP contribution in [-0.2, 0) is 6.54 Å². The molecule has 0 aliphatic carbocycles. The van der Waals surface area contributed by atoms with Crippen molar-refractivity contribution < 1.29 is 0 Å². The highest BCUT2D eigenvalue weighted by Crippen LogP contribution is 2.25. The molecule has 0 amide bonds. The van der Waals surface area contributed by atoms with E-state index in [1.54, 1.807) is 11.3 Å². The summed E-state index contributed by atoms with van der Waals surface area (Å²) in [5, 5.41) is 6.45. The van der Waals surface area contributed by atoms with E-state index >= 15 is 0 Å². The summed E-state index contributed by atoms with van der Waals surface area (Å²) in [6.07, 6.45) is 5.64. The van der Waals surface area contributed by atoms with E-state index in [-0.39, 0.29) is 0 Å². The number of hydrogen-bond acceptors (Lipinski definition) is 4. The molecule has 0 N–H and O–H groups in total. The zero-order valence-corrected chi connectivity index (χ0v) is 11.8. The number of thiophene rings is 1. The third-order valence-electron chi connectivity index (χ3n) is 3.39. The first-order chi connectivity index (χ1) is 9.25. The molecular formula is C14H16N4S. The zero-order valence-electron chi connectivity index (χ0n) is 11.0. The minimum Gasteiger partial charge on any atom is -0.294 e. The first-order valence-electron chi connectivity index (χ1n) is 6.26. The Morgan fingerprint density at radius 2 is 2.32 bits per heavy atom. The van der Waals surface area contributed by atoms with E-state index in [0.717, 1.165) is 17.8 Å². The van der Waals surface area contributed by atoms with Crippen LogP contribution in [-0.4, -0.2) is 26.5 Å². The maximum absolute atomic E-state index is 4.39. The molecule has 3 aromatic heterocycles. The average Bonchev–Trinajstić information content (AvgIpc) is 3.08. The molecule has 0 radical (unpaired) electrons. The van der Waals surface area contributed by atoms with Gasteiger partial charge in [-0.25, -0.2) is 9.50 Å². The van der Waals surface area contributed by atoms with Gasteiger partial charge in [-0.3, -0.25) is 4.90 Å².